The predicted octanol–water partition coefficient (Wildman–Crippen LogP) is 4.39. The molecule has 0 saturated carbocycles. The molecule has 224 valence electrons. The molecule has 0 spiro atoms. The molecule has 3 aromatic heterocycles. The number of aromatic nitrogens is 6. The Balaban J connectivity index is 1.08. The monoisotopic (exact) mass is 609 g/mol. The van der Waals surface area contributed by atoms with Crippen LogP contribution >= 0.6 is 0 Å². The van der Waals surface area contributed by atoms with Crippen LogP contribution in [0.4, 0.5) is 17.3 Å². The zero-order chi connectivity index (χ0) is 30.7. The standard InChI is InChI=1S/C31H31N9O3S/c1-21-19-27(34-22(2)33-21)38-44(42,43)26-12-10-25(11-13-26)35-31(41)24-9-6-17-39(20-24)28-14-15-29(37-36-28)40-18-16-32-30(40)23-7-4-3-5-8-23/h3-5,7-8,10-16,18-19,24H,6,9,17,20H2,1-2H3,(H,35,41)(H,33,34,38). The molecule has 4 heterocycles. The molecule has 0 radical (unpaired) electrons. The van der Waals surface area contributed by atoms with Gasteiger partial charge < -0.3 is 10.2 Å². The predicted molar refractivity (Wildman–Crippen MR) is 167 cm³/mol. The van der Waals surface area contributed by atoms with Crippen LogP contribution in [0.3, 0.4) is 0 Å². The van der Waals surface area contributed by atoms with Crippen molar-refractivity contribution < 1.29 is 13.2 Å². The van der Waals surface area contributed by atoms with Crippen LogP contribution in [0.2, 0.25) is 0 Å². The second-order valence-corrected chi connectivity index (χ2v) is 12.3. The van der Waals surface area contributed by atoms with Gasteiger partial charge in [-0.15, -0.1) is 10.2 Å². The van der Waals surface area contributed by atoms with E-state index in [4.69, 9.17) is 0 Å². The molecule has 0 bridgehead atoms. The highest BCUT2D eigenvalue weighted by Gasteiger charge is 2.27. The van der Waals surface area contributed by atoms with Gasteiger partial charge in [0.05, 0.1) is 10.8 Å². The highest BCUT2D eigenvalue weighted by atomic mass is 32.2. The lowest BCUT2D eigenvalue weighted by Crippen LogP contribution is -2.41. The van der Waals surface area contributed by atoms with Crippen molar-refractivity contribution in [2.75, 3.05) is 28.0 Å². The summed E-state index contributed by atoms with van der Waals surface area (Å²) in [5.74, 6) is 2.40. The van der Waals surface area contributed by atoms with Crippen molar-refractivity contribution in [3.8, 4) is 17.2 Å². The maximum atomic E-state index is 13.2. The quantitative estimate of drug-likeness (QED) is 0.261. The van der Waals surface area contributed by atoms with Gasteiger partial charge in [0.2, 0.25) is 5.91 Å². The molecule has 1 aliphatic heterocycles. The number of anilines is 3. The van der Waals surface area contributed by atoms with Gasteiger partial charge in [0.1, 0.15) is 17.5 Å². The van der Waals surface area contributed by atoms with Crippen LogP contribution in [0.5, 0.6) is 0 Å². The van der Waals surface area contributed by atoms with E-state index in [1.165, 1.54) is 12.1 Å². The molecule has 6 rings (SSSR count). The lowest BCUT2D eigenvalue weighted by Gasteiger charge is -2.32. The molecule has 0 aliphatic carbocycles. The Labute approximate surface area is 255 Å². The molecular weight excluding hydrogens is 578 g/mol. The summed E-state index contributed by atoms with van der Waals surface area (Å²) in [6.45, 7) is 4.72. The van der Waals surface area contributed by atoms with Gasteiger partial charge in [-0.3, -0.25) is 14.1 Å². The minimum atomic E-state index is -3.86. The van der Waals surface area contributed by atoms with E-state index in [0.29, 0.717) is 35.4 Å². The number of amides is 1. The molecule has 1 amide bonds. The van der Waals surface area contributed by atoms with Gasteiger partial charge in [0, 0.05) is 48.5 Å². The topological polar surface area (TPSA) is 148 Å². The molecule has 12 nitrogen and oxygen atoms in total. The van der Waals surface area contributed by atoms with Gasteiger partial charge in [0.15, 0.2) is 11.6 Å². The van der Waals surface area contributed by atoms with Crippen LogP contribution in [0.25, 0.3) is 17.2 Å². The molecular formula is C31H31N9O3S. The number of nitrogens with one attached hydrogen (secondary N) is 2. The minimum Gasteiger partial charge on any atom is -0.354 e. The third kappa shape index (κ3) is 6.42. The first kappa shape index (κ1) is 28.9. The molecule has 2 aromatic carbocycles. The van der Waals surface area contributed by atoms with Crippen molar-refractivity contribution in [1.82, 2.24) is 29.7 Å². The number of benzene rings is 2. The Kier molecular flexibility index (Phi) is 8.03. The van der Waals surface area contributed by atoms with Crippen LogP contribution in [-0.4, -0.2) is 57.1 Å². The molecule has 1 saturated heterocycles. The zero-order valence-corrected chi connectivity index (χ0v) is 25.1. The summed E-state index contributed by atoms with van der Waals surface area (Å²) in [6, 6.07) is 21.3. The van der Waals surface area contributed by atoms with E-state index in [1.54, 1.807) is 38.2 Å². The van der Waals surface area contributed by atoms with Gasteiger partial charge >= 0.3 is 0 Å². The highest BCUT2D eigenvalue weighted by Crippen LogP contribution is 2.25. The SMILES string of the molecule is Cc1cc(NS(=O)(=O)c2ccc(NC(=O)C3CCCN(c4ccc(-n5ccnc5-c5ccccc5)nn4)C3)cc2)nc(C)n1. The van der Waals surface area contributed by atoms with Gasteiger partial charge in [-0.2, -0.15) is 0 Å². The molecule has 1 fully saturated rings. The van der Waals surface area contributed by atoms with Gasteiger partial charge in [-0.1, -0.05) is 30.3 Å². The number of rotatable bonds is 8. The smallest absolute Gasteiger partial charge is 0.263 e. The number of hydrogen-bond acceptors (Lipinski definition) is 9. The van der Waals surface area contributed by atoms with E-state index < -0.39 is 10.0 Å². The highest BCUT2D eigenvalue weighted by molar-refractivity contribution is 7.92. The zero-order valence-electron chi connectivity index (χ0n) is 24.3. The third-order valence-corrected chi connectivity index (χ3v) is 8.68. The van der Waals surface area contributed by atoms with E-state index in [9.17, 15) is 13.2 Å². The lowest BCUT2D eigenvalue weighted by atomic mass is 9.97. The number of hydrogen-bond donors (Lipinski definition) is 2. The average molecular weight is 610 g/mol. The summed E-state index contributed by atoms with van der Waals surface area (Å²) < 4.78 is 30.1. The van der Waals surface area contributed by atoms with Crippen LogP contribution in [-0.2, 0) is 14.8 Å². The second-order valence-electron chi connectivity index (χ2n) is 10.6. The first-order valence-electron chi connectivity index (χ1n) is 14.2. The van der Waals surface area contributed by atoms with Crippen LogP contribution < -0.4 is 14.9 Å². The first-order valence-corrected chi connectivity index (χ1v) is 15.7. The first-order chi connectivity index (χ1) is 21.2. The molecule has 1 unspecified atom stereocenters. The fourth-order valence-electron chi connectivity index (χ4n) is 5.23. The number of aryl methyl sites for hydroxylation is 2. The number of carbonyl (C=O) groups excluding carboxylic acids is 1. The maximum Gasteiger partial charge on any atom is 0.263 e. The Bertz CT molecular complexity index is 1860. The molecule has 13 heteroatoms. The number of sulfonamides is 1. The van der Waals surface area contributed by atoms with Crippen LogP contribution in [0.15, 0.2) is 90.1 Å². The summed E-state index contributed by atoms with van der Waals surface area (Å²) >= 11 is 0. The van der Waals surface area contributed by atoms with Gasteiger partial charge in [-0.05, 0) is 63.1 Å². The van der Waals surface area contributed by atoms with Crippen LogP contribution in [0.1, 0.15) is 24.4 Å². The van der Waals surface area contributed by atoms with Crippen molar-refractivity contribution >= 4 is 33.3 Å². The fraction of sp³-hybridized carbons (Fsp3) is 0.226. The number of imidazole rings is 1. The van der Waals surface area contributed by atoms with Crippen molar-refractivity contribution in [2.24, 2.45) is 5.92 Å². The van der Waals surface area contributed by atoms with Crippen molar-refractivity contribution in [1.29, 1.82) is 0 Å². The molecule has 5 aromatic rings. The van der Waals surface area contributed by atoms with E-state index in [0.717, 1.165) is 30.8 Å². The number of piperidine rings is 1. The van der Waals surface area contributed by atoms with E-state index in [2.05, 4.69) is 40.1 Å². The fourth-order valence-corrected chi connectivity index (χ4v) is 6.22. The Hall–Kier alpha value is -5.17. The summed E-state index contributed by atoms with van der Waals surface area (Å²) in [5, 5.41) is 11.8. The molecule has 44 heavy (non-hydrogen) atoms. The lowest BCUT2D eigenvalue weighted by molar-refractivity contribution is -0.120. The van der Waals surface area contributed by atoms with Gasteiger partial charge in [-0.25, -0.2) is 23.4 Å². The maximum absolute atomic E-state index is 13.2. The molecule has 1 atom stereocenters. The number of carbonyl (C=O) groups is 1. The Morgan fingerprint density at radius 2 is 1.68 bits per heavy atom. The summed E-state index contributed by atoms with van der Waals surface area (Å²) in [4.78, 5) is 28.1. The van der Waals surface area contributed by atoms with E-state index >= 15 is 0 Å². The summed E-state index contributed by atoms with van der Waals surface area (Å²) in [6.07, 6.45) is 5.14. The van der Waals surface area contributed by atoms with Crippen molar-refractivity contribution in [3.05, 3.63) is 96.7 Å². The minimum absolute atomic E-state index is 0.0573. The van der Waals surface area contributed by atoms with Crippen LogP contribution in [0, 0.1) is 19.8 Å². The summed E-state index contributed by atoms with van der Waals surface area (Å²) in [7, 11) is -3.86. The number of nitrogens with zero attached hydrogens (tertiary/aromatic N) is 7. The molecule has 2 N–H and O–H groups in total. The largest absolute Gasteiger partial charge is 0.354 e. The Morgan fingerprint density at radius 3 is 2.41 bits per heavy atom. The van der Waals surface area contributed by atoms with E-state index in [-0.39, 0.29) is 22.5 Å². The van der Waals surface area contributed by atoms with Gasteiger partial charge in [0.25, 0.3) is 10.0 Å². The third-order valence-electron chi connectivity index (χ3n) is 7.31. The van der Waals surface area contributed by atoms with Crippen molar-refractivity contribution in [2.45, 2.75) is 31.6 Å². The normalized spacial score (nSPS) is 15.1. The Morgan fingerprint density at radius 1 is 0.932 bits per heavy atom. The van der Waals surface area contributed by atoms with Crippen molar-refractivity contribution in [3.63, 3.8) is 0 Å². The molecule has 1 aliphatic rings. The average Bonchev–Trinajstić information content (AvgIpc) is 3.51. The second kappa shape index (κ2) is 12.2. The van der Waals surface area contributed by atoms with E-state index in [1.807, 2.05) is 53.2 Å². The summed E-state index contributed by atoms with van der Waals surface area (Å²) in [5.41, 5.74) is 2.15.